The highest BCUT2D eigenvalue weighted by atomic mass is 16.2. The highest BCUT2D eigenvalue weighted by molar-refractivity contribution is 5.82. The smallest absolute Gasteiger partial charge is 0.228 e. The zero-order chi connectivity index (χ0) is 13.2. The normalized spacial score (nSPS) is 15.4. The first-order chi connectivity index (χ1) is 8.54. The third kappa shape index (κ3) is 2.56. The first kappa shape index (κ1) is 13.1. The average Bonchev–Trinajstić information content (AvgIpc) is 2.37. The Bertz CT molecular complexity index is 440. The van der Waals surface area contributed by atoms with E-state index in [-0.39, 0.29) is 11.3 Å². The Labute approximate surface area is 109 Å². The molecule has 1 aliphatic rings. The summed E-state index contributed by atoms with van der Waals surface area (Å²) in [6, 6.07) is 8.37. The summed E-state index contributed by atoms with van der Waals surface area (Å²) in [4.78, 5) is 14.5. The van der Waals surface area contributed by atoms with Crippen LogP contribution in [0, 0.1) is 5.41 Å². The van der Waals surface area contributed by atoms with Crippen LogP contribution in [0.2, 0.25) is 0 Å². The van der Waals surface area contributed by atoms with Gasteiger partial charge in [-0.3, -0.25) is 4.79 Å². The van der Waals surface area contributed by atoms with Crippen LogP contribution in [0.3, 0.4) is 0 Å². The van der Waals surface area contributed by atoms with Gasteiger partial charge < -0.3 is 10.6 Å². The second kappa shape index (κ2) is 5.11. The fraction of sp³-hybridized carbons (Fsp3) is 0.533. The van der Waals surface area contributed by atoms with Crippen molar-refractivity contribution in [1.29, 1.82) is 0 Å². The number of nitrogens with two attached hydrogens (primary N) is 1. The van der Waals surface area contributed by atoms with E-state index in [0.717, 1.165) is 25.9 Å². The van der Waals surface area contributed by atoms with E-state index in [1.54, 1.807) is 0 Å². The zero-order valence-corrected chi connectivity index (χ0v) is 11.3. The van der Waals surface area contributed by atoms with Gasteiger partial charge in [-0.2, -0.15) is 0 Å². The molecule has 1 heterocycles. The second-order valence-corrected chi connectivity index (χ2v) is 5.67. The fourth-order valence-electron chi connectivity index (χ4n) is 2.56. The van der Waals surface area contributed by atoms with Gasteiger partial charge in [0.25, 0.3) is 0 Å². The molecule has 1 aliphatic heterocycles. The molecule has 1 amide bonds. The Balaban J connectivity index is 2.11. The van der Waals surface area contributed by atoms with E-state index in [1.165, 1.54) is 11.1 Å². The Morgan fingerprint density at radius 1 is 1.33 bits per heavy atom. The number of rotatable bonds is 3. The van der Waals surface area contributed by atoms with E-state index in [9.17, 15) is 4.79 Å². The first-order valence-corrected chi connectivity index (χ1v) is 6.61. The van der Waals surface area contributed by atoms with Crippen molar-refractivity contribution in [2.45, 2.75) is 33.2 Å². The standard InChI is InChI=1S/C15H22N2O/c1-15(2,8-9-16)14(18)17-10-7-12-5-3-4-6-13(12)11-17/h3-6H,7-11,16H2,1-2H3. The first-order valence-electron chi connectivity index (χ1n) is 6.61. The van der Waals surface area contributed by atoms with Crippen LogP contribution in [-0.4, -0.2) is 23.9 Å². The van der Waals surface area contributed by atoms with Crippen molar-refractivity contribution in [2.75, 3.05) is 13.1 Å². The van der Waals surface area contributed by atoms with Gasteiger partial charge in [0.2, 0.25) is 5.91 Å². The molecule has 3 heteroatoms. The van der Waals surface area contributed by atoms with E-state index in [0.29, 0.717) is 6.54 Å². The average molecular weight is 246 g/mol. The van der Waals surface area contributed by atoms with Gasteiger partial charge in [0.1, 0.15) is 0 Å². The molecule has 0 bridgehead atoms. The van der Waals surface area contributed by atoms with Gasteiger partial charge in [0.15, 0.2) is 0 Å². The predicted molar refractivity (Wildman–Crippen MR) is 73.0 cm³/mol. The molecule has 0 radical (unpaired) electrons. The van der Waals surface area contributed by atoms with Crippen LogP contribution >= 0.6 is 0 Å². The lowest BCUT2D eigenvalue weighted by Crippen LogP contribution is -2.44. The van der Waals surface area contributed by atoms with Crippen molar-refractivity contribution in [3.8, 4) is 0 Å². The zero-order valence-electron chi connectivity index (χ0n) is 11.3. The molecule has 0 aliphatic carbocycles. The van der Waals surface area contributed by atoms with Crippen LogP contribution in [0.1, 0.15) is 31.4 Å². The van der Waals surface area contributed by atoms with E-state index < -0.39 is 0 Å². The van der Waals surface area contributed by atoms with Crippen LogP contribution in [0.25, 0.3) is 0 Å². The van der Waals surface area contributed by atoms with Gasteiger partial charge in [0.05, 0.1) is 0 Å². The van der Waals surface area contributed by atoms with Crippen molar-refractivity contribution in [1.82, 2.24) is 4.90 Å². The topological polar surface area (TPSA) is 46.3 Å². The third-order valence-electron chi connectivity index (χ3n) is 3.77. The molecule has 0 atom stereocenters. The number of hydrogen-bond donors (Lipinski definition) is 1. The van der Waals surface area contributed by atoms with Crippen molar-refractivity contribution in [3.05, 3.63) is 35.4 Å². The van der Waals surface area contributed by atoms with Crippen LogP contribution in [0.4, 0.5) is 0 Å². The molecule has 0 unspecified atom stereocenters. The van der Waals surface area contributed by atoms with Crippen LogP contribution in [0.15, 0.2) is 24.3 Å². The van der Waals surface area contributed by atoms with Gasteiger partial charge in [-0.15, -0.1) is 0 Å². The molecule has 0 spiro atoms. The molecule has 1 aromatic carbocycles. The second-order valence-electron chi connectivity index (χ2n) is 5.67. The number of fused-ring (bicyclic) bond motifs is 1. The lowest BCUT2D eigenvalue weighted by atomic mass is 9.86. The van der Waals surface area contributed by atoms with Crippen molar-refractivity contribution >= 4 is 5.91 Å². The van der Waals surface area contributed by atoms with Gasteiger partial charge in [0, 0.05) is 18.5 Å². The van der Waals surface area contributed by atoms with Crippen LogP contribution < -0.4 is 5.73 Å². The molecule has 0 fully saturated rings. The fourth-order valence-corrected chi connectivity index (χ4v) is 2.56. The summed E-state index contributed by atoms with van der Waals surface area (Å²) in [6.07, 6.45) is 1.70. The lowest BCUT2D eigenvalue weighted by Gasteiger charge is -2.35. The summed E-state index contributed by atoms with van der Waals surface area (Å²) in [5, 5.41) is 0. The largest absolute Gasteiger partial charge is 0.338 e. The van der Waals surface area contributed by atoms with Crippen LogP contribution in [0.5, 0.6) is 0 Å². The number of hydrogen-bond acceptors (Lipinski definition) is 2. The molecule has 0 saturated heterocycles. The minimum atomic E-state index is -0.346. The number of benzene rings is 1. The van der Waals surface area contributed by atoms with Gasteiger partial charge in [-0.25, -0.2) is 0 Å². The minimum absolute atomic E-state index is 0.224. The third-order valence-corrected chi connectivity index (χ3v) is 3.77. The molecule has 18 heavy (non-hydrogen) atoms. The van der Waals surface area contributed by atoms with Crippen molar-refractivity contribution < 1.29 is 4.79 Å². The summed E-state index contributed by atoms with van der Waals surface area (Å²) >= 11 is 0. The van der Waals surface area contributed by atoms with Gasteiger partial charge in [-0.1, -0.05) is 38.1 Å². The van der Waals surface area contributed by atoms with Crippen LogP contribution in [-0.2, 0) is 17.8 Å². The Kier molecular flexibility index (Phi) is 3.71. The summed E-state index contributed by atoms with van der Waals surface area (Å²) < 4.78 is 0. The van der Waals surface area contributed by atoms with E-state index in [1.807, 2.05) is 24.8 Å². The van der Waals surface area contributed by atoms with E-state index >= 15 is 0 Å². The molecule has 0 aromatic heterocycles. The molecule has 3 nitrogen and oxygen atoms in total. The van der Waals surface area contributed by atoms with E-state index in [2.05, 4.69) is 18.2 Å². The maximum atomic E-state index is 12.5. The molecular formula is C15H22N2O. The SMILES string of the molecule is CC(C)(CCN)C(=O)N1CCc2ccccc2C1. The van der Waals surface area contributed by atoms with Crippen molar-refractivity contribution in [2.24, 2.45) is 11.1 Å². The summed E-state index contributed by atoms with van der Waals surface area (Å²) in [5.41, 5.74) is 7.89. The maximum Gasteiger partial charge on any atom is 0.228 e. The quantitative estimate of drug-likeness (QED) is 0.886. The summed E-state index contributed by atoms with van der Waals surface area (Å²) in [7, 11) is 0. The highest BCUT2D eigenvalue weighted by Crippen LogP contribution is 2.27. The molecule has 98 valence electrons. The number of amides is 1. The number of nitrogens with zero attached hydrogens (tertiary/aromatic N) is 1. The molecule has 2 N–H and O–H groups in total. The Morgan fingerprint density at radius 2 is 2.00 bits per heavy atom. The number of carbonyl (C=O) groups excluding carboxylic acids is 1. The van der Waals surface area contributed by atoms with E-state index in [4.69, 9.17) is 5.73 Å². The minimum Gasteiger partial charge on any atom is -0.338 e. The molecule has 1 aromatic rings. The lowest BCUT2D eigenvalue weighted by molar-refractivity contribution is -0.141. The molecule has 2 rings (SSSR count). The Morgan fingerprint density at radius 3 is 2.67 bits per heavy atom. The monoisotopic (exact) mass is 246 g/mol. The Hall–Kier alpha value is -1.35. The summed E-state index contributed by atoms with van der Waals surface area (Å²) in [6.45, 7) is 6.10. The maximum absolute atomic E-state index is 12.5. The van der Waals surface area contributed by atoms with Gasteiger partial charge >= 0.3 is 0 Å². The molecule has 0 saturated carbocycles. The highest BCUT2D eigenvalue weighted by Gasteiger charge is 2.32. The summed E-state index contributed by atoms with van der Waals surface area (Å²) in [5.74, 6) is 0.224. The van der Waals surface area contributed by atoms with Gasteiger partial charge in [-0.05, 0) is 30.5 Å². The molecular weight excluding hydrogens is 224 g/mol. The predicted octanol–water partition coefficient (Wildman–Crippen LogP) is 1.95. The number of carbonyl (C=O) groups is 1. The van der Waals surface area contributed by atoms with Crippen molar-refractivity contribution in [3.63, 3.8) is 0 Å².